The molecule has 1 aromatic carbocycles. The van der Waals surface area contributed by atoms with Crippen LogP contribution in [0.15, 0.2) is 35.3 Å². The van der Waals surface area contributed by atoms with Gasteiger partial charge >= 0.3 is 0 Å². The Morgan fingerprint density at radius 1 is 1.25 bits per heavy atom. The van der Waals surface area contributed by atoms with Gasteiger partial charge in [0.05, 0.1) is 13.2 Å². The van der Waals surface area contributed by atoms with E-state index in [2.05, 4.69) is 44.4 Å². The SMILES string of the molecule is CN=C(NCC(=O)N1CCN(c2ccccc2)CC1)N(C)CC1CCOC1.I. The van der Waals surface area contributed by atoms with Gasteiger partial charge in [-0.3, -0.25) is 9.79 Å². The normalized spacial score (nSPS) is 19.9. The van der Waals surface area contributed by atoms with Crippen LogP contribution >= 0.6 is 24.0 Å². The maximum Gasteiger partial charge on any atom is 0.242 e. The third kappa shape index (κ3) is 6.23. The molecule has 2 aliphatic rings. The van der Waals surface area contributed by atoms with Crippen LogP contribution in [0.3, 0.4) is 0 Å². The first-order valence-corrected chi connectivity index (χ1v) is 9.74. The summed E-state index contributed by atoms with van der Waals surface area (Å²) in [6, 6.07) is 10.4. The smallest absolute Gasteiger partial charge is 0.242 e. The van der Waals surface area contributed by atoms with Crippen LogP contribution < -0.4 is 10.2 Å². The van der Waals surface area contributed by atoms with Gasteiger partial charge in [-0.2, -0.15) is 0 Å². The lowest BCUT2D eigenvalue weighted by Crippen LogP contribution is -2.52. The first-order chi connectivity index (χ1) is 13.2. The molecule has 1 N–H and O–H groups in total. The van der Waals surface area contributed by atoms with E-state index in [0.29, 0.717) is 5.92 Å². The molecule has 2 aliphatic heterocycles. The molecule has 7 nitrogen and oxygen atoms in total. The highest BCUT2D eigenvalue weighted by Gasteiger charge is 2.22. The number of benzene rings is 1. The van der Waals surface area contributed by atoms with Gasteiger partial charge in [0.15, 0.2) is 5.96 Å². The molecule has 1 unspecified atom stereocenters. The molecule has 8 heteroatoms. The average Bonchev–Trinajstić information content (AvgIpc) is 3.22. The summed E-state index contributed by atoms with van der Waals surface area (Å²) in [5.41, 5.74) is 1.22. The second-order valence-corrected chi connectivity index (χ2v) is 7.21. The Labute approximate surface area is 185 Å². The monoisotopic (exact) mass is 501 g/mol. The minimum absolute atomic E-state index is 0. The summed E-state index contributed by atoms with van der Waals surface area (Å²) >= 11 is 0. The molecule has 0 aliphatic carbocycles. The van der Waals surface area contributed by atoms with Crippen molar-refractivity contribution in [3.8, 4) is 0 Å². The molecular weight excluding hydrogens is 469 g/mol. The van der Waals surface area contributed by atoms with Crippen LogP contribution in [-0.2, 0) is 9.53 Å². The molecule has 2 saturated heterocycles. The number of carbonyl (C=O) groups is 1. The van der Waals surface area contributed by atoms with Gasteiger partial charge in [0.1, 0.15) is 0 Å². The quantitative estimate of drug-likeness (QED) is 0.377. The van der Waals surface area contributed by atoms with Crippen molar-refractivity contribution in [2.45, 2.75) is 6.42 Å². The Morgan fingerprint density at radius 2 is 1.96 bits per heavy atom. The van der Waals surface area contributed by atoms with Crippen LogP contribution in [0.1, 0.15) is 6.42 Å². The predicted octanol–water partition coefficient (Wildman–Crippen LogP) is 1.50. The highest BCUT2D eigenvalue weighted by Crippen LogP contribution is 2.15. The Hall–Kier alpha value is -1.55. The zero-order valence-corrected chi connectivity index (χ0v) is 19.2. The number of anilines is 1. The fourth-order valence-electron chi connectivity index (χ4n) is 3.71. The molecule has 2 heterocycles. The van der Waals surface area contributed by atoms with Crippen molar-refractivity contribution in [2.24, 2.45) is 10.9 Å². The lowest BCUT2D eigenvalue weighted by Gasteiger charge is -2.36. The number of rotatable bonds is 5. The number of halogens is 1. The lowest BCUT2D eigenvalue weighted by molar-refractivity contribution is -0.130. The highest BCUT2D eigenvalue weighted by atomic mass is 127. The molecule has 1 atom stereocenters. The van der Waals surface area contributed by atoms with E-state index in [1.54, 1.807) is 7.05 Å². The first-order valence-electron chi connectivity index (χ1n) is 9.74. The molecule has 156 valence electrons. The number of amides is 1. The van der Waals surface area contributed by atoms with Crippen molar-refractivity contribution in [3.63, 3.8) is 0 Å². The number of nitrogens with zero attached hydrogens (tertiary/aromatic N) is 4. The Bertz CT molecular complexity index is 629. The molecule has 3 rings (SSSR count). The van der Waals surface area contributed by atoms with Crippen LogP contribution in [-0.4, -0.2) is 88.2 Å². The fourth-order valence-corrected chi connectivity index (χ4v) is 3.71. The van der Waals surface area contributed by atoms with Crippen molar-refractivity contribution in [3.05, 3.63) is 30.3 Å². The van der Waals surface area contributed by atoms with Crippen LogP contribution in [0, 0.1) is 5.92 Å². The lowest BCUT2D eigenvalue weighted by atomic mass is 10.1. The summed E-state index contributed by atoms with van der Waals surface area (Å²) in [6.45, 7) is 6.07. The summed E-state index contributed by atoms with van der Waals surface area (Å²) in [7, 11) is 3.77. The van der Waals surface area contributed by atoms with Gasteiger partial charge in [0.2, 0.25) is 5.91 Å². The topological polar surface area (TPSA) is 60.4 Å². The molecule has 1 aromatic rings. The fraction of sp³-hybridized carbons (Fsp3) is 0.600. The highest BCUT2D eigenvalue weighted by molar-refractivity contribution is 14.0. The number of guanidine groups is 1. The zero-order valence-electron chi connectivity index (χ0n) is 16.8. The maximum atomic E-state index is 12.6. The average molecular weight is 501 g/mol. The Kier molecular flexibility index (Phi) is 9.30. The number of nitrogens with one attached hydrogen (secondary N) is 1. The van der Waals surface area contributed by atoms with Crippen molar-refractivity contribution >= 4 is 41.5 Å². The van der Waals surface area contributed by atoms with Crippen LogP contribution in [0.25, 0.3) is 0 Å². The summed E-state index contributed by atoms with van der Waals surface area (Å²) < 4.78 is 5.44. The van der Waals surface area contributed by atoms with E-state index >= 15 is 0 Å². The molecule has 0 saturated carbocycles. The summed E-state index contributed by atoms with van der Waals surface area (Å²) in [5.74, 6) is 1.43. The van der Waals surface area contributed by atoms with Crippen molar-refractivity contribution in [1.29, 1.82) is 0 Å². The standard InChI is InChI=1S/C20H31N5O2.HI/c1-21-20(23(2)15-17-8-13-27-16-17)22-14-19(26)25-11-9-24(10-12-25)18-6-4-3-5-7-18;/h3-7,17H,8-16H2,1-2H3,(H,21,22);1H. The number of para-hydroxylation sites is 1. The van der Waals surface area contributed by atoms with Crippen LogP contribution in [0.4, 0.5) is 5.69 Å². The van der Waals surface area contributed by atoms with E-state index in [1.165, 1.54) is 5.69 Å². The van der Waals surface area contributed by atoms with Crippen LogP contribution in [0.2, 0.25) is 0 Å². The van der Waals surface area contributed by atoms with Crippen LogP contribution in [0.5, 0.6) is 0 Å². The third-order valence-electron chi connectivity index (χ3n) is 5.28. The Balaban J connectivity index is 0.00000280. The van der Waals surface area contributed by atoms with E-state index in [-0.39, 0.29) is 36.4 Å². The molecule has 0 bridgehead atoms. The number of aliphatic imine (C=N–C) groups is 1. The van der Waals surface area contributed by atoms with E-state index in [4.69, 9.17) is 4.74 Å². The van der Waals surface area contributed by atoms with Gasteiger partial charge in [0, 0.05) is 65.0 Å². The minimum Gasteiger partial charge on any atom is -0.381 e. The first kappa shape index (κ1) is 22.7. The molecule has 0 spiro atoms. The number of carbonyl (C=O) groups excluding carboxylic acids is 1. The van der Waals surface area contributed by atoms with Gasteiger partial charge in [-0.15, -0.1) is 24.0 Å². The van der Waals surface area contributed by atoms with Gasteiger partial charge in [-0.1, -0.05) is 18.2 Å². The summed E-state index contributed by atoms with van der Waals surface area (Å²) in [6.07, 6.45) is 1.09. The zero-order chi connectivity index (χ0) is 19.1. The summed E-state index contributed by atoms with van der Waals surface area (Å²) in [4.78, 5) is 23.2. The van der Waals surface area contributed by atoms with Gasteiger partial charge in [-0.25, -0.2) is 0 Å². The predicted molar refractivity (Wildman–Crippen MR) is 124 cm³/mol. The number of ether oxygens (including phenoxy) is 1. The second-order valence-electron chi connectivity index (χ2n) is 7.21. The molecule has 1 amide bonds. The summed E-state index contributed by atoms with van der Waals surface area (Å²) in [5, 5.41) is 3.21. The molecule has 28 heavy (non-hydrogen) atoms. The van der Waals surface area contributed by atoms with Crippen molar-refractivity contribution in [2.75, 3.05) is 71.5 Å². The van der Waals surface area contributed by atoms with Crippen molar-refractivity contribution < 1.29 is 9.53 Å². The van der Waals surface area contributed by atoms with E-state index in [0.717, 1.165) is 58.3 Å². The molecule has 0 aromatic heterocycles. The van der Waals surface area contributed by atoms with E-state index in [9.17, 15) is 4.79 Å². The van der Waals surface area contributed by atoms with E-state index in [1.807, 2.05) is 18.0 Å². The third-order valence-corrected chi connectivity index (χ3v) is 5.28. The van der Waals surface area contributed by atoms with Crippen molar-refractivity contribution in [1.82, 2.24) is 15.1 Å². The van der Waals surface area contributed by atoms with Gasteiger partial charge < -0.3 is 24.8 Å². The Morgan fingerprint density at radius 3 is 2.57 bits per heavy atom. The molecular formula is C20H32IN5O2. The minimum atomic E-state index is 0. The van der Waals surface area contributed by atoms with Gasteiger partial charge in [0.25, 0.3) is 0 Å². The number of hydrogen-bond acceptors (Lipinski definition) is 4. The number of piperazine rings is 1. The van der Waals surface area contributed by atoms with Gasteiger partial charge in [-0.05, 0) is 18.6 Å². The maximum absolute atomic E-state index is 12.6. The number of hydrogen-bond donors (Lipinski definition) is 1. The second kappa shape index (κ2) is 11.5. The van der Waals surface area contributed by atoms with E-state index < -0.39 is 0 Å². The molecule has 0 radical (unpaired) electrons. The molecule has 2 fully saturated rings. The largest absolute Gasteiger partial charge is 0.381 e.